The SMILES string of the molecule is CS(=O)(=O)c1ccc(N2CCC(c3nc(-c4ccccc4)no3)CC2)c([N+](=O)[O-])c1. The van der Waals surface area contributed by atoms with Gasteiger partial charge < -0.3 is 9.42 Å². The Bertz CT molecular complexity index is 1170. The fraction of sp³-hybridized carbons (Fsp3) is 0.300. The fourth-order valence-corrected chi connectivity index (χ4v) is 4.26. The minimum atomic E-state index is -3.52. The van der Waals surface area contributed by atoms with Crippen molar-refractivity contribution in [1.29, 1.82) is 0 Å². The van der Waals surface area contributed by atoms with Gasteiger partial charge in [-0.1, -0.05) is 35.5 Å². The number of nitrogens with zero attached hydrogens (tertiary/aromatic N) is 4. The highest BCUT2D eigenvalue weighted by Gasteiger charge is 2.29. The summed E-state index contributed by atoms with van der Waals surface area (Å²) in [4.78, 5) is 17.3. The normalized spacial score (nSPS) is 15.3. The summed E-state index contributed by atoms with van der Waals surface area (Å²) in [6.45, 7) is 1.12. The van der Waals surface area contributed by atoms with Crippen LogP contribution in [-0.2, 0) is 9.84 Å². The lowest BCUT2D eigenvalue weighted by Gasteiger charge is -2.31. The molecule has 0 aliphatic carbocycles. The van der Waals surface area contributed by atoms with Crippen LogP contribution in [0.4, 0.5) is 11.4 Å². The monoisotopic (exact) mass is 428 g/mol. The third-order valence-corrected chi connectivity index (χ3v) is 6.34. The van der Waals surface area contributed by atoms with E-state index in [9.17, 15) is 18.5 Å². The molecule has 156 valence electrons. The van der Waals surface area contributed by atoms with Gasteiger partial charge in [-0.15, -0.1) is 0 Å². The topological polar surface area (TPSA) is 119 Å². The van der Waals surface area contributed by atoms with E-state index in [1.165, 1.54) is 12.1 Å². The minimum Gasteiger partial charge on any atom is -0.366 e. The van der Waals surface area contributed by atoms with Crippen LogP contribution in [0.2, 0.25) is 0 Å². The van der Waals surface area contributed by atoms with Crippen LogP contribution in [0.15, 0.2) is 57.9 Å². The van der Waals surface area contributed by atoms with Crippen LogP contribution in [0.1, 0.15) is 24.7 Å². The number of hydrogen-bond donors (Lipinski definition) is 0. The minimum absolute atomic E-state index is 0.0628. The van der Waals surface area contributed by atoms with Gasteiger partial charge in [-0.25, -0.2) is 8.42 Å². The number of benzene rings is 2. The van der Waals surface area contributed by atoms with Crippen LogP contribution in [-0.4, -0.2) is 42.8 Å². The average molecular weight is 428 g/mol. The Kier molecular flexibility index (Phi) is 5.25. The molecule has 30 heavy (non-hydrogen) atoms. The van der Waals surface area contributed by atoms with Gasteiger partial charge in [0.1, 0.15) is 5.69 Å². The molecule has 9 nitrogen and oxygen atoms in total. The molecular weight excluding hydrogens is 408 g/mol. The van der Waals surface area contributed by atoms with Gasteiger partial charge in [0.25, 0.3) is 5.69 Å². The Balaban J connectivity index is 1.50. The van der Waals surface area contributed by atoms with E-state index in [4.69, 9.17) is 4.52 Å². The molecule has 0 amide bonds. The highest BCUT2D eigenvalue weighted by Crippen LogP contribution is 2.36. The van der Waals surface area contributed by atoms with E-state index in [2.05, 4.69) is 10.1 Å². The van der Waals surface area contributed by atoms with Crippen LogP contribution in [0.5, 0.6) is 0 Å². The lowest BCUT2D eigenvalue weighted by Crippen LogP contribution is -2.33. The summed E-state index contributed by atoms with van der Waals surface area (Å²) in [5, 5.41) is 15.6. The van der Waals surface area contributed by atoms with E-state index in [0.717, 1.165) is 17.9 Å². The zero-order valence-electron chi connectivity index (χ0n) is 16.3. The smallest absolute Gasteiger partial charge is 0.293 e. The first-order chi connectivity index (χ1) is 14.3. The van der Waals surface area contributed by atoms with Gasteiger partial charge >= 0.3 is 0 Å². The summed E-state index contributed by atoms with van der Waals surface area (Å²) in [5.41, 5.74) is 1.09. The maximum Gasteiger partial charge on any atom is 0.293 e. The van der Waals surface area contributed by atoms with Gasteiger partial charge in [-0.2, -0.15) is 4.98 Å². The molecule has 0 saturated carbocycles. The molecule has 1 aliphatic rings. The summed E-state index contributed by atoms with van der Waals surface area (Å²) < 4.78 is 28.9. The average Bonchev–Trinajstić information content (AvgIpc) is 3.24. The van der Waals surface area contributed by atoms with Gasteiger partial charge in [0.05, 0.1) is 9.82 Å². The van der Waals surface area contributed by atoms with Gasteiger partial charge in [0, 0.05) is 36.9 Å². The summed E-state index contributed by atoms with van der Waals surface area (Å²) in [6.07, 6.45) is 2.42. The number of anilines is 1. The Morgan fingerprint density at radius 3 is 2.47 bits per heavy atom. The molecule has 10 heteroatoms. The third-order valence-electron chi connectivity index (χ3n) is 5.23. The zero-order valence-corrected chi connectivity index (χ0v) is 17.1. The maximum absolute atomic E-state index is 11.7. The maximum atomic E-state index is 11.7. The summed E-state index contributed by atoms with van der Waals surface area (Å²) in [5.74, 6) is 1.18. The molecule has 2 aromatic carbocycles. The first kappa shape index (κ1) is 20.0. The van der Waals surface area contributed by atoms with Crippen LogP contribution >= 0.6 is 0 Å². The van der Waals surface area contributed by atoms with Crippen molar-refractivity contribution in [3.8, 4) is 11.4 Å². The molecule has 1 fully saturated rings. The highest BCUT2D eigenvalue weighted by atomic mass is 32.2. The number of rotatable bonds is 5. The molecule has 2 heterocycles. The first-order valence-electron chi connectivity index (χ1n) is 9.45. The Hall–Kier alpha value is -3.27. The molecule has 1 aromatic heterocycles. The summed E-state index contributed by atoms with van der Waals surface area (Å²) >= 11 is 0. The van der Waals surface area contributed by atoms with Crippen LogP contribution < -0.4 is 4.90 Å². The summed E-state index contributed by atoms with van der Waals surface area (Å²) in [7, 11) is -3.52. The molecule has 1 aliphatic heterocycles. The van der Waals surface area contributed by atoms with Crippen molar-refractivity contribution in [2.24, 2.45) is 0 Å². The van der Waals surface area contributed by atoms with Gasteiger partial charge in [0.2, 0.25) is 11.7 Å². The first-order valence-corrected chi connectivity index (χ1v) is 11.3. The lowest BCUT2D eigenvalue weighted by molar-refractivity contribution is -0.384. The van der Waals surface area contributed by atoms with Crippen molar-refractivity contribution in [3.63, 3.8) is 0 Å². The van der Waals surface area contributed by atoms with Crippen molar-refractivity contribution in [3.05, 3.63) is 64.5 Å². The number of aromatic nitrogens is 2. The second-order valence-corrected chi connectivity index (χ2v) is 9.28. The van der Waals surface area contributed by atoms with E-state index in [1.54, 1.807) is 0 Å². The molecule has 0 spiro atoms. The van der Waals surface area contributed by atoms with Gasteiger partial charge in [-0.3, -0.25) is 10.1 Å². The predicted octanol–water partition coefficient (Wildman–Crippen LogP) is 3.43. The van der Waals surface area contributed by atoms with Crippen molar-refractivity contribution in [2.75, 3.05) is 24.2 Å². The summed E-state index contributed by atoms with van der Waals surface area (Å²) in [6, 6.07) is 13.6. The molecule has 1 saturated heterocycles. The molecule has 4 rings (SSSR count). The largest absolute Gasteiger partial charge is 0.366 e. The third kappa shape index (κ3) is 4.04. The lowest BCUT2D eigenvalue weighted by atomic mass is 9.96. The molecular formula is C20H20N4O5S. The predicted molar refractivity (Wildman–Crippen MR) is 110 cm³/mol. The van der Waals surface area contributed by atoms with Crippen LogP contribution in [0.3, 0.4) is 0 Å². The number of piperidine rings is 1. The van der Waals surface area contributed by atoms with E-state index in [1.807, 2.05) is 35.2 Å². The van der Waals surface area contributed by atoms with Crippen molar-refractivity contribution >= 4 is 21.2 Å². The standard InChI is InChI=1S/C20H20N4O5S/c1-30(27,28)16-7-8-17(18(13-16)24(25)26)23-11-9-15(10-12-23)20-21-19(22-29-20)14-5-3-2-4-6-14/h2-8,13,15H,9-12H2,1H3. The highest BCUT2D eigenvalue weighted by molar-refractivity contribution is 7.90. The molecule has 0 radical (unpaired) electrons. The van der Waals surface area contributed by atoms with Gasteiger partial charge in [0.15, 0.2) is 9.84 Å². The Morgan fingerprint density at radius 1 is 1.13 bits per heavy atom. The Morgan fingerprint density at radius 2 is 1.83 bits per heavy atom. The number of hydrogen-bond acceptors (Lipinski definition) is 8. The van der Waals surface area contributed by atoms with Gasteiger partial charge in [-0.05, 0) is 25.0 Å². The van der Waals surface area contributed by atoms with E-state index in [0.29, 0.717) is 43.3 Å². The molecule has 0 bridgehead atoms. The quantitative estimate of drug-likeness (QED) is 0.448. The van der Waals surface area contributed by atoms with Crippen molar-refractivity contribution < 1.29 is 17.9 Å². The van der Waals surface area contributed by atoms with Crippen LogP contribution in [0.25, 0.3) is 11.4 Å². The van der Waals surface area contributed by atoms with E-state index >= 15 is 0 Å². The molecule has 0 atom stereocenters. The Labute approximate surface area is 173 Å². The second kappa shape index (κ2) is 7.86. The number of nitro groups is 1. The molecule has 3 aromatic rings. The molecule has 0 unspecified atom stereocenters. The van der Waals surface area contributed by atoms with Crippen molar-refractivity contribution in [1.82, 2.24) is 10.1 Å². The fourth-order valence-electron chi connectivity index (χ4n) is 3.62. The number of nitro benzene ring substituents is 1. The second-order valence-electron chi connectivity index (χ2n) is 7.26. The van der Waals surface area contributed by atoms with E-state index < -0.39 is 14.8 Å². The van der Waals surface area contributed by atoms with Crippen molar-refractivity contribution in [2.45, 2.75) is 23.7 Å². The van der Waals surface area contributed by atoms with E-state index in [-0.39, 0.29) is 16.5 Å². The number of sulfone groups is 1. The molecule has 0 N–H and O–H groups in total. The zero-order chi connectivity index (χ0) is 21.3. The van der Waals surface area contributed by atoms with Crippen LogP contribution in [0, 0.1) is 10.1 Å².